The number of rotatable bonds is 9. The summed E-state index contributed by atoms with van der Waals surface area (Å²) in [6, 6.07) is 0. The summed E-state index contributed by atoms with van der Waals surface area (Å²) < 4.78 is 39.4. The van der Waals surface area contributed by atoms with Gasteiger partial charge in [-0.15, -0.1) is 0 Å². The normalized spacial score (nSPS) is 12.4. The van der Waals surface area contributed by atoms with Crippen molar-refractivity contribution in [1.82, 2.24) is 10.6 Å². The van der Waals surface area contributed by atoms with Gasteiger partial charge in [0, 0.05) is 19.6 Å². The van der Waals surface area contributed by atoms with Crippen LogP contribution in [0, 0.1) is 5.92 Å². The Kier molecular flexibility index (Phi) is 8.60. The molecule has 0 aromatic carbocycles. The van der Waals surface area contributed by atoms with E-state index >= 15 is 0 Å². The lowest BCUT2D eigenvalue weighted by molar-refractivity contribution is -0.173. The summed E-state index contributed by atoms with van der Waals surface area (Å²) in [6.45, 7) is 6.10. The lowest BCUT2D eigenvalue weighted by Crippen LogP contribution is -2.31. The summed E-state index contributed by atoms with van der Waals surface area (Å²) >= 11 is 0. The highest BCUT2D eigenvalue weighted by atomic mass is 19.4. The summed E-state index contributed by atoms with van der Waals surface area (Å²) in [6.07, 6.45) is -4.22. The van der Waals surface area contributed by atoms with E-state index in [1.807, 2.05) is 0 Å². The maximum Gasteiger partial charge on any atom is 0.411 e. The third-order valence-electron chi connectivity index (χ3n) is 1.72. The number of halogens is 3. The first-order chi connectivity index (χ1) is 7.42. The summed E-state index contributed by atoms with van der Waals surface area (Å²) in [5.74, 6) is 0.607. The second-order valence-corrected chi connectivity index (χ2v) is 4.02. The van der Waals surface area contributed by atoms with Gasteiger partial charge in [-0.3, -0.25) is 0 Å². The van der Waals surface area contributed by atoms with Crippen LogP contribution in [0.2, 0.25) is 0 Å². The SMILES string of the molecule is CC(C)CNCCNCCOCC(F)(F)F. The highest BCUT2D eigenvalue weighted by Gasteiger charge is 2.27. The minimum atomic E-state index is -4.22. The quantitative estimate of drug-likeness (QED) is 0.600. The molecule has 0 aliphatic rings. The first kappa shape index (κ1) is 15.7. The second-order valence-electron chi connectivity index (χ2n) is 4.02. The van der Waals surface area contributed by atoms with Crippen LogP contribution >= 0.6 is 0 Å². The Morgan fingerprint density at radius 1 is 1.06 bits per heavy atom. The van der Waals surface area contributed by atoms with Crippen molar-refractivity contribution in [3.63, 3.8) is 0 Å². The molecule has 0 bridgehead atoms. The van der Waals surface area contributed by atoms with E-state index in [9.17, 15) is 13.2 Å². The molecular weight excluding hydrogens is 221 g/mol. The molecule has 0 amide bonds. The number of hydrogen-bond donors (Lipinski definition) is 2. The van der Waals surface area contributed by atoms with E-state index in [1.165, 1.54) is 0 Å². The third kappa shape index (κ3) is 13.7. The van der Waals surface area contributed by atoms with Crippen molar-refractivity contribution in [2.75, 3.05) is 39.4 Å². The van der Waals surface area contributed by atoms with Crippen molar-refractivity contribution in [3.05, 3.63) is 0 Å². The molecular formula is C10H21F3N2O. The van der Waals surface area contributed by atoms with Crippen molar-refractivity contribution in [2.24, 2.45) is 5.92 Å². The van der Waals surface area contributed by atoms with Gasteiger partial charge < -0.3 is 15.4 Å². The highest BCUT2D eigenvalue weighted by molar-refractivity contribution is 4.54. The van der Waals surface area contributed by atoms with E-state index in [1.54, 1.807) is 0 Å². The Labute approximate surface area is 94.7 Å². The molecule has 0 heterocycles. The Hall–Kier alpha value is -0.330. The standard InChI is InChI=1S/C10H21F3N2O/c1-9(2)7-15-4-3-14-5-6-16-8-10(11,12)13/h9,14-15H,3-8H2,1-2H3. The lowest BCUT2D eigenvalue weighted by Gasteiger charge is -2.09. The summed E-state index contributed by atoms with van der Waals surface area (Å²) in [5, 5.41) is 6.21. The van der Waals surface area contributed by atoms with Crippen LogP contribution in [0.1, 0.15) is 13.8 Å². The molecule has 0 aromatic heterocycles. The first-order valence-electron chi connectivity index (χ1n) is 5.48. The van der Waals surface area contributed by atoms with Crippen molar-refractivity contribution >= 4 is 0 Å². The van der Waals surface area contributed by atoms with Crippen LogP contribution in [-0.2, 0) is 4.74 Å². The van der Waals surface area contributed by atoms with Crippen molar-refractivity contribution < 1.29 is 17.9 Å². The molecule has 0 rings (SSSR count). The molecule has 16 heavy (non-hydrogen) atoms. The Morgan fingerprint density at radius 3 is 2.25 bits per heavy atom. The first-order valence-corrected chi connectivity index (χ1v) is 5.48. The maximum atomic E-state index is 11.7. The van der Waals surface area contributed by atoms with E-state index in [0.717, 1.165) is 19.6 Å². The van der Waals surface area contributed by atoms with Gasteiger partial charge in [0.25, 0.3) is 0 Å². The molecule has 3 nitrogen and oxygen atoms in total. The van der Waals surface area contributed by atoms with E-state index in [-0.39, 0.29) is 6.61 Å². The van der Waals surface area contributed by atoms with E-state index < -0.39 is 12.8 Å². The summed E-state index contributed by atoms with van der Waals surface area (Å²) in [7, 11) is 0. The molecule has 0 aliphatic carbocycles. The molecule has 0 aromatic rings. The molecule has 2 N–H and O–H groups in total. The fraction of sp³-hybridized carbons (Fsp3) is 1.00. The number of hydrogen-bond acceptors (Lipinski definition) is 3. The van der Waals surface area contributed by atoms with Crippen LogP contribution in [0.25, 0.3) is 0 Å². The molecule has 0 saturated heterocycles. The van der Waals surface area contributed by atoms with Gasteiger partial charge in [0.05, 0.1) is 6.61 Å². The average Bonchev–Trinajstić information content (AvgIpc) is 2.13. The molecule has 0 spiro atoms. The van der Waals surface area contributed by atoms with Gasteiger partial charge in [-0.05, 0) is 12.5 Å². The molecule has 0 atom stereocenters. The summed E-state index contributed by atoms with van der Waals surface area (Å²) in [4.78, 5) is 0. The minimum Gasteiger partial charge on any atom is -0.371 e. The monoisotopic (exact) mass is 242 g/mol. The number of alkyl halides is 3. The van der Waals surface area contributed by atoms with Crippen LogP contribution in [0.15, 0.2) is 0 Å². The van der Waals surface area contributed by atoms with Crippen LogP contribution in [-0.4, -0.2) is 45.6 Å². The fourth-order valence-electron chi connectivity index (χ4n) is 1.02. The molecule has 0 aliphatic heterocycles. The van der Waals surface area contributed by atoms with Gasteiger partial charge in [-0.1, -0.05) is 13.8 Å². The Morgan fingerprint density at radius 2 is 1.69 bits per heavy atom. The van der Waals surface area contributed by atoms with E-state index in [4.69, 9.17) is 0 Å². The zero-order valence-electron chi connectivity index (χ0n) is 9.86. The van der Waals surface area contributed by atoms with Gasteiger partial charge >= 0.3 is 6.18 Å². The Balaban J connectivity index is 3.05. The number of ether oxygens (including phenoxy) is 1. The zero-order valence-corrected chi connectivity index (χ0v) is 9.86. The second kappa shape index (κ2) is 8.78. The van der Waals surface area contributed by atoms with Gasteiger partial charge in [-0.2, -0.15) is 13.2 Å². The van der Waals surface area contributed by atoms with Crippen molar-refractivity contribution in [2.45, 2.75) is 20.0 Å². The van der Waals surface area contributed by atoms with Crippen LogP contribution in [0.4, 0.5) is 13.2 Å². The van der Waals surface area contributed by atoms with Crippen LogP contribution in [0.3, 0.4) is 0 Å². The maximum absolute atomic E-state index is 11.7. The van der Waals surface area contributed by atoms with Crippen molar-refractivity contribution in [3.8, 4) is 0 Å². The van der Waals surface area contributed by atoms with Crippen LogP contribution < -0.4 is 10.6 Å². The largest absolute Gasteiger partial charge is 0.411 e. The molecule has 0 unspecified atom stereocenters. The minimum absolute atomic E-state index is 0.0870. The topological polar surface area (TPSA) is 33.3 Å². The number of nitrogens with one attached hydrogen (secondary N) is 2. The van der Waals surface area contributed by atoms with E-state index in [2.05, 4.69) is 29.2 Å². The van der Waals surface area contributed by atoms with Crippen molar-refractivity contribution in [1.29, 1.82) is 0 Å². The molecule has 0 saturated carbocycles. The smallest absolute Gasteiger partial charge is 0.371 e. The fourth-order valence-corrected chi connectivity index (χ4v) is 1.02. The zero-order chi connectivity index (χ0) is 12.4. The van der Waals surface area contributed by atoms with Gasteiger partial charge in [0.1, 0.15) is 6.61 Å². The highest BCUT2D eigenvalue weighted by Crippen LogP contribution is 2.13. The molecule has 6 heteroatoms. The van der Waals surface area contributed by atoms with Gasteiger partial charge in [-0.25, -0.2) is 0 Å². The van der Waals surface area contributed by atoms with Gasteiger partial charge in [0.2, 0.25) is 0 Å². The average molecular weight is 242 g/mol. The molecule has 0 radical (unpaired) electrons. The van der Waals surface area contributed by atoms with E-state index in [0.29, 0.717) is 12.5 Å². The Bertz CT molecular complexity index is 163. The molecule has 98 valence electrons. The molecule has 0 fully saturated rings. The predicted molar refractivity (Wildman–Crippen MR) is 57.5 cm³/mol. The lowest BCUT2D eigenvalue weighted by atomic mass is 10.2. The summed E-state index contributed by atoms with van der Waals surface area (Å²) in [5.41, 5.74) is 0. The van der Waals surface area contributed by atoms with Gasteiger partial charge in [0.15, 0.2) is 0 Å². The van der Waals surface area contributed by atoms with Crippen LogP contribution in [0.5, 0.6) is 0 Å². The third-order valence-corrected chi connectivity index (χ3v) is 1.72. The predicted octanol–water partition coefficient (Wildman–Crippen LogP) is 1.40.